The summed E-state index contributed by atoms with van der Waals surface area (Å²) in [6.45, 7) is 2.59. The minimum absolute atomic E-state index is 0.222. The van der Waals surface area contributed by atoms with E-state index in [0.29, 0.717) is 23.0 Å². The second-order valence-corrected chi connectivity index (χ2v) is 4.74. The molecule has 2 nitrogen and oxygen atoms in total. The van der Waals surface area contributed by atoms with Crippen molar-refractivity contribution in [3.8, 4) is 0 Å². The van der Waals surface area contributed by atoms with Crippen LogP contribution < -0.4 is 0 Å². The predicted octanol–water partition coefficient (Wildman–Crippen LogP) is 2.29. The predicted molar refractivity (Wildman–Crippen MR) is 61.9 cm³/mol. The van der Waals surface area contributed by atoms with Crippen molar-refractivity contribution >= 4 is 11.6 Å². The van der Waals surface area contributed by atoms with E-state index in [1.165, 1.54) is 6.07 Å². The van der Waals surface area contributed by atoms with Gasteiger partial charge in [-0.2, -0.15) is 0 Å². The van der Waals surface area contributed by atoms with Gasteiger partial charge in [-0.05, 0) is 31.0 Å². The van der Waals surface area contributed by atoms with Crippen LogP contribution in [-0.2, 0) is 6.54 Å². The molecule has 1 aromatic carbocycles. The fourth-order valence-electron chi connectivity index (χ4n) is 2.10. The van der Waals surface area contributed by atoms with Crippen molar-refractivity contribution in [3.05, 3.63) is 34.6 Å². The Morgan fingerprint density at radius 1 is 1.50 bits per heavy atom. The third-order valence-corrected chi connectivity index (χ3v) is 3.27. The van der Waals surface area contributed by atoms with Gasteiger partial charge in [0.25, 0.3) is 0 Å². The minimum Gasteiger partial charge on any atom is -0.396 e. The Labute approximate surface area is 99.6 Å². The van der Waals surface area contributed by atoms with Crippen molar-refractivity contribution in [1.29, 1.82) is 0 Å². The lowest BCUT2D eigenvalue weighted by molar-refractivity contribution is 0.219. The van der Waals surface area contributed by atoms with Crippen LogP contribution in [-0.4, -0.2) is 29.7 Å². The molecule has 1 unspecified atom stereocenters. The van der Waals surface area contributed by atoms with E-state index in [1.54, 1.807) is 12.1 Å². The third kappa shape index (κ3) is 2.73. The number of hydrogen-bond acceptors (Lipinski definition) is 2. The summed E-state index contributed by atoms with van der Waals surface area (Å²) in [4.78, 5) is 2.16. The van der Waals surface area contributed by atoms with Gasteiger partial charge in [-0.1, -0.05) is 17.7 Å². The topological polar surface area (TPSA) is 23.5 Å². The lowest BCUT2D eigenvalue weighted by atomic mass is 10.1. The normalized spacial score (nSPS) is 21.6. The number of rotatable bonds is 3. The van der Waals surface area contributed by atoms with Gasteiger partial charge in [-0.15, -0.1) is 0 Å². The average Bonchev–Trinajstić information content (AvgIpc) is 2.70. The van der Waals surface area contributed by atoms with Gasteiger partial charge in [-0.25, -0.2) is 4.39 Å². The van der Waals surface area contributed by atoms with Crippen LogP contribution in [0.2, 0.25) is 5.02 Å². The largest absolute Gasteiger partial charge is 0.396 e. The van der Waals surface area contributed by atoms with Crippen molar-refractivity contribution in [2.24, 2.45) is 5.92 Å². The number of aliphatic hydroxyl groups excluding tert-OH is 1. The molecule has 1 aromatic rings. The van der Waals surface area contributed by atoms with E-state index >= 15 is 0 Å². The van der Waals surface area contributed by atoms with Gasteiger partial charge in [0, 0.05) is 30.3 Å². The summed E-state index contributed by atoms with van der Waals surface area (Å²) in [6, 6.07) is 4.78. The molecule has 0 spiro atoms. The summed E-state index contributed by atoms with van der Waals surface area (Å²) in [5.74, 6) is 0.0929. The molecule has 0 bridgehead atoms. The summed E-state index contributed by atoms with van der Waals surface area (Å²) in [6.07, 6.45) is 0.992. The number of aliphatic hydroxyl groups is 1. The first-order chi connectivity index (χ1) is 7.69. The average molecular weight is 244 g/mol. The van der Waals surface area contributed by atoms with E-state index in [9.17, 15) is 4.39 Å². The lowest BCUT2D eigenvalue weighted by Gasteiger charge is -2.16. The van der Waals surface area contributed by atoms with Crippen LogP contribution in [0.3, 0.4) is 0 Å². The maximum Gasteiger partial charge on any atom is 0.129 e. The highest BCUT2D eigenvalue weighted by Gasteiger charge is 2.22. The van der Waals surface area contributed by atoms with Gasteiger partial charge >= 0.3 is 0 Å². The zero-order chi connectivity index (χ0) is 11.5. The molecule has 88 valence electrons. The monoisotopic (exact) mass is 243 g/mol. The highest BCUT2D eigenvalue weighted by Crippen LogP contribution is 2.21. The van der Waals surface area contributed by atoms with Crippen LogP contribution in [0.1, 0.15) is 12.0 Å². The summed E-state index contributed by atoms with van der Waals surface area (Å²) in [5, 5.41) is 9.45. The van der Waals surface area contributed by atoms with Gasteiger partial charge in [0.15, 0.2) is 0 Å². The lowest BCUT2D eigenvalue weighted by Crippen LogP contribution is -2.21. The van der Waals surface area contributed by atoms with E-state index in [-0.39, 0.29) is 12.4 Å². The summed E-state index contributed by atoms with van der Waals surface area (Å²) >= 11 is 5.69. The first-order valence-corrected chi connectivity index (χ1v) is 5.84. The van der Waals surface area contributed by atoms with Gasteiger partial charge < -0.3 is 5.11 Å². The zero-order valence-corrected chi connectivity index (χ0v) is 9.75. The third-order valence-electron chi connectivity index (χ3n) is 3.04. The molecule has 1 saturated heterocycles. The Morgan fingerprint density at radius 2 is 2.31 bits per heavy atom. The highest BCUT2D eigenvalue weighted by molar-refractivity contribution is 6.30. The molecule has 0 aromatic heterocycles. The molecule has 2 rings (SSSR count). The van der Waals surface area contributed by atoms with Gasteiger partial charge in [0.2, 0.25) is 0 Å². The first-order valence-electron chi connectivity index (χ1n) is 5.46. The molecule has 1 N–H and O–H groups in total. The second-order valence-electron chi connectivity index (χ2n) is 4.31. The van der Waals surface area contributed by atoms with Gasteiger partial charge in [0.05, 0.1) is 0 Å². The summed E-state index contributed by atoms with van der Waals surface area (Å²) < 4.78 is 13.5. The van der Waals surface area contributed by atoms with Crippen molar-refractivity contribution in [3.63, 3.8) is 0 Å². The van der Waals surface area contributed by atoms with E-state index in [4.69, 9.17) is 16.7 Å². The summed E-state index contributed by atoms with van der Waals surface area (Å²) in [7, 11) is 0. The number of benzene rings is 1. The highest BCUT2D eigenvalue weighted by atomic mass is 35.5. The van der Waals surface area contributed by atoms with Crippen LogP contribution >= 0.6 is 11.6 Å². The Kier molecular flexibility index (Phi) is 3.79. The minimum atomic E-state index is -0.250. The molecule has 1 fully saturated rings. The van der Waals surface area contributed by atoms with E-state index in [0.717, 1.165) is 19.5 Å². The Balaban J connectivity index is 1.99. The molecule has 0 saturated carbocycles. The van der Waals surface area contributed by atoms with E-state index < -0.39 is 0 Å². The Hall–Kier alpha value is -0.640. The van der Waals surface area contributed by atoms with Crippen molar-refractivity contribution in [2.75, 3.05) is 19.7 Å². The van der Waals surface area contributed by atoms with Crippen molar-refractivity contribution in [1.82, 2.24) is 4.90 Å². The van der Waals surface area contributed by atoms with Gasteiger partial charge in [-0.3, -0.25) is 4.90 Å². The van der Waals surface area contributed by atoms with Crippen LogP contribution in [0.5, 0.6) is 0 Å². The van der Waals surface area contributed by atoms with Crippen LogP contribution in [0.4, 0.5) is 4.39 Å². The maximum atomic E-state index is 13.5. The molecule has 0 aliphatic carbocycles. The molecule has 16 heavy (non-hydrogen) atoms. The Bertz CT molecular complexity index is 372. The number of likely N-dealkylation sites (tertiary alicyclic amines) is 1. The fraction of sp³-hybridized carbons (Fsp3) is 0.500. The molecular weight excluding hydrogens is 229 g/mol. The van der Waals surface area contributed by atoms with Crippen molar-refractivity contribution < 1.29 is 9.50 Å². The molecule has 0 radical (unpaired) electrons. The molecular formula is C12H15ClFNO. The molecule has 0 amide bonds. The fourth-order valence-corrected chi connectivity index (χ4v) is 2.26. The molecule has 1 atom stereocenters. The van der Waals surface area contributed by atoms with Crippen LogP contribution in [0.15, 0.2) is 18.2 Å². The van der Waals surface area contributed by atoms with Crippen LogP contribution in [0, 0.1) is 11.7 Å². The number of halogens is 2. The zero-order valence-electron chi connectivity index (χ0n) is 9.00. The van der Waals surface area contributed by atoms with E-state index in [1.807, 2.05) is 0 Å². The van der Waals surface area contributed by atoms with Gasteiger partial charge in [0.1, 0.15) is 5.82 Å². The molecule has 1 aliphatic heterocycles. The maximum absolute atomic E-state index is 13.5. The molecule has 4 heteroatoms. The van der Waals surface area contributed by atoms with Crippen molar-refractivity contribution in [2.45, 2.75) is 13.0 Å². The first kappa shape index (κ1) is 11.8. The van der Waals surface area contributed by atoms with E-state index in [2.05, 4.69) is 4.90 Å². The standard InChI is InChI=1S/C12H15ClFNO/c13-11-2-1-10(12(14)5-11)7-15-4-3-9(6-15)8-16/h1-2,5,9,16H,3-4,6-8H2. The second kappa shape index (κ2) is 5.13. The number of nitrogens with zero attached hydrogens (tertiary/aromatic N) is 1. The molecule has 1 heterocycles. The SMILES string of the molecule is OCC1CCN(Cc2ccc(Cl)cc2F)C1. The molecule has 1 aliphatic rings. The smallest absolute Gasteiger partial charge is 0.129 e. The number of hydrogen-bond donors (Lipinski definition) is 1. The van der Waals surface area contributed by atoms with Crippen LogP contribution in [0.25, 0.3) is 0 Å². The quantitative estimate of drug-likeness (QED) is 0.881. The Morgan fingerprint density at radius 3 is 2.94 bits per heavy atom. The summed E-state index contributed by atoms with van der Waals surface area (Å²) in [5.41, 5.74) is 0.669.